The number of ketones is 1. The van der Waals surface area contributed by atoms with Gasteiger partial charge in [0, 0.05) is 6.42 Å². The van der Waals surface area contributed by atoms with E-state index < -0.39 is 0 Å². The molecule has 0 amide bonds. The van der Waals surface area contributed by atoms with Crippen molar-refractivity contribution in [2.75, 3.05) is 0 Å². The van der Waals surface area contributed by atoms with Crippen LogP contribution in [-0.4, -0.2) is 23.1 Å². The number of rotatable bonds is 1. The number of Topliss-reactive ketones (excluding diaryl/α,β-unsaturated/α-hetero) is 1. The zero-order chi connectivity index (χ0) is 4.28. The first kappa shape index (κ1) is 15.7. The third kappa shape index (κ3) is 19.6. The third-order valence-electron chi connectivity index (χ3n) is 0.498. The van der Waals surface area contributed by atoms with Crippen LogP contribution in [0, 0.1) is 0 Å². The Bertz CT molecular complexity index is 47.0. The second-order valence-corrected chi connectivity index (χ2v) is 1.06. The molecule has 0 fully saturated rings. The van der Waals surface area contributed by atoms with Crippen LogP contribution in [0.4, 0.5) is 0 Å². The van der Waals surface area contributed by atoms with Gasteiger partial charge in [0.05, 0.1) is 0 Å². The maximum atomic E-state index is 9.81. The Morgan fingerprint density at radius 1 is 1.57 bits per heavy atom. The van der Waals surface area contributed by atoms with Gasteiger partial charge in [-0.05, 0) is 6.92 Å². The molecule has 0 N–H and O–H groups in total. The van der Waals surface area contributed by atoms with Crippen molar-refractivity contribution < 1.29 is 28.8 Å². The Kier molecular flexibility index (Phi) is 22.4. The molecule has 0 aromatic carbocycles. The number of halogens is 1. The number of hydrogen-bond donors (Lipinski definition) is 0. The van der Waals surface area contributed by atoms with Crippen molar-refractivity contribution in [3.05, 3.63) is 0 Å². The standard InChI is InChI=1S/C4H8O.Al.HI/c1-3-4(2)5;;/h3H2,1-2H3;;1H/q;+3;/p-1. The van der Waals surface area contributed by atoms with E-state index >= 15 is 0 Å². The van der Waals surface area contributed by atoms with Crippen LogP contribution in [0.1, 0.15) is 20.3 Å². The van der Waals surface area contributed by atoms with Gasteiger partial charge in [-0.3, -0.25) is 0 Å². The summed E-state index contributed by atoms with van der Waals surface area (Å²) >= 11 is 0. The summed E-state index contributed by atoms with van der Waals surface area (Å²) in [4.78, 5) is 9.81. The minimum Gasteiger partial charge on any atom is -1.00 e. The molecule has 0 aliphatic heterocycles. The second kappa shape index (κ2) is 10.0. The van der Waals surface area contributed by atoms with Crippen molar-refractivity contribution in [3.8, 4) is 0 Å². The smallest absolute Gasteiger partial charge is 1.00 e. The summed E-state index contributed by atoms with van der Waals surface area (Å²) in [7, 11) is 0. The van der Waals surface area contributed by atoms with Gasteiger partial charge in [0.1, 0.15) is 5.78 Å². The van der Waals surface area contributed by atoms with Crippen LogP contribution >= 0.6 is 0 Å². The van der Waals surface area contributed by atoms with Crippen LogP contribution in [0.2, 0.25) is 0 Å². The maximum absolute atomic E-state index is 9.81. The molecule has 0 atom stereocenters. The molecule has 0 aliphatic rings. The van der Waals surface area contributed by atoms with Crippen molar-refractivity contribution in [3.63, 3.8) is 0 Å². The molecule has 0 aromatic rings. The number of carbonyl (C=O) groups excluding carboxylic acids is 1. The molecule has 0 saturated carbocycles. The quantitative estimate of drug-likeness (QED) is 0.360. The van der Waals surface area contributed by atoms with Crippen LogP contribution in [0.5, 0.6) is 0 Å². The van der Waals surface area contributed by atoms with Gasteiger partial charge >= 0.3 is 17.4 Å². The van der Waals surface area contributed by atoms with Gasteiger partial charge in [0.2, 0.25) is 0 Å². The molecular formula is C4H8AlIO+2. The van der Waals surface area contributed by atoms with Gasteiger partial charge in [0.25, 0.3) is 0 Å². The van der Waals surface area contributed by atoms with E-state index in [9.17, 15) is 4.79 Å². The third-order valence-corrected chi connectivity index (χ3v) is 0.498. The Balaban J connectivity index is -0.0000000800. The van der Waals surface area contributed by atoms with Crippen LogP contribution < -0.4 is 24.0 Å². The van der Waals surface area contributed by atoms with Crippen LogP contribution in [0.3, 0.4) is 0 Å². The minimum absolute atomic E-state index is 0. The zero-order valence-corrected chi connectivity index (χ0v) is 7.88. The van der Waals surface area contributed by atoms with Gasteiger partial charge in [-0.25, -0.2) is 0 Å². The van der Waals surface area contributed by atoms with Crippen LogP contribution in [0.25, 0.3) is 0 Å². The summed E-state index contributed by atoms with van der Waals surface area (Å²) in [6.45, 7) is 3.43. The number of hydrogen-bond acceptors (Lipinski definition) is 1. The van der Waals surface area contributed by atoms with E-state index in [2.05, 4.69) is 0 Å². The first-order valence-electron chi connectivity index (χ1n) is 1.76. The molecule has 0 saturated heterocycles. The van der Waals surface area contributed by atoms with Crippen molar-refractivity contribution in [1.29, 1.82) is 0 Å². The molecule has 1 nitrogen and oxygen atoms in total. The van der Waals surface area contributed by atoms with Gasteiger partial charge in [0.15, 0.2) is 0 Å². The van der Waals surface area contributed by atoms with E-state index in [-0.39, 0.29) is 47.1 Å². The fraction of sp³-hybridized carbons (Fsp3) is 0.750. The fourth-order valence-electron chi connectivity index (χ4n) is 0. The van der Waals surface area contributed by atoms with E-state index in [0.717, 1.165) is 0 Å². The Labute approximate surface area is 72.0 Å². The largest absolute Gasteiger partial charge is 3.00 e. The SMILES string of the molecule is CCC(C)=O.[Al+3].[I-]. The predicted octanol–water partition coefficient (Wildman–Crippen LogP) is -2.39. The molecule has 3 heteroatoms. The first-order valence-corrected chi connectivity index (χ1v) is 1.76. The van der Waals surface area contributed by atoms with Crippen LogP contribution in [-0.2, 0) is 4.79 Å². The maximum Gasteiger partial charge on any atom is 3.00 e. The summed E-state index contributed by atoms with van der Waals surface area (Å²) in [5.74, 6) is 0.255. The van der Waals surface area contributed by atoms with Crippen molar-refractivity contribution >= 4 is 23.1 Å². The minimum atomic E-state index is 0. The molecular weight excluding hydrogens is 218 g/mol. The Morgan fingerprint density at radius 2 is 1.71 bits per heavy atom. The average Bonchev–Trinajstić information content (AvgIpc) is 1.38. The molecule has 38 valence electrons. The summed E-state index contributed by atoms with van der Waals surface area (Å²) in [5.41, 5.74) is 0. The molecule has 0 bridgehead atoms. The van der Waals surface area contributed by atoms with E-state index in [1.54, 1.807) is 6.92 Å². The molecule has 0 aliphatic carbocycles. The van der Waals surface area contributed by atoms with E-state index in [1.807, 2.05) is 6.92 Å². The Morgan fingerprint density at radius 3 is 1.71 bits per heavy atom. The average molecular weight is 226 g/mol. The topological polar surface area (TPSA) is 17.1 Å². The van der Waals surface area contributed by atoms with Gasteiger partial charge in [-0.2, -0.15) is 0 Å². The van der Waals surface area contributed by atoms with Gasteiger partial charge < -0.3 is 28.8 Å². The normalized spacial score (nSPS) is 5.43. The van der Waals surface area contributed by atoms with E-state index in [1.165, 1.54) is 0 Å². The molecule has 0 radical (unpaired) electrons. The molecule has 7 heavy (non-hydrogen) atoms. The molecule has 0 rings (SSSR count). The fourth-order valence-corrected chi connectivity index (χ4v) is 0. The summed E-state index contributed by atoms with van der Waals surface area (Å²) < 4.78 is 0. The molecule has 0 aromatic heterocycles. The first-order chi connectivity index (χ1) is 2.27. The summed E-state index contributed by atoms with van der Waals surface area (Å²) in [6.07, 6.45) is 0.667. The van der Waals surface area contributed by atoms with Crippen molar-refractivity contribution in [1.82, 2.24) is 0 Å². The van der Waals surface area contributed by atoms with E-state index in [0.29, 0.717) is 6.42 Å². The second-order valence-electron chi connectivity index (χ2n) is 1.06. The summed E-state index contributed by atoms with van der Waals surface area (Å²) in [6, 6.07) is 0. The van der Waals surface area contributed by atoms with Gasteiger partial charge in [-0.1, -0.05) is 6.92 Å². The predicted molar refractivity (Wildman–Crippen MR) is 26.7 cm³/mol. The summed E-state index contributed by atoms with van der Waals surface area (Å²) in [5, 5.41) is 0. The molecule has 0 heterocycles. The van der Waals surface area contributed by atoms with Crippen molar-refractivity contribution in [2.24, 2.45) is 0 Å². The van der Waals surface area contributed by atoms with Crippen LogP contribution in [0.15, 0.2) is 0 Å². The van der Waals surface area contributed by atoms with Crippen molar-refractivity contribution in [2.45, 2.75) is 20.3 Å². The molecule has 0 unspecified atom stereocenters. The van der Waals surface area contributed by atoms with Gasteiger partial charge in [-0.15, -0.1) is 0 Å². The van der Waals surface area contributed by atoms with E-state index in [4.69, 9.17) is 0 Å². The zero-order valence-electron chi connectivity index (χ0n) is 4.57. The monoisotopic (exact) mass is 226 g/mol. The number of carbonyl (C=O) groups is 1. The molecule has 0 spiro atoms. The Hall–Kier alpha value is 0.932.